The first-order chi connectivity index (χ1) is 18.7. The minimum absolute atomic E-state index is 0.0155. The summed E-state index contributed by atoms with van der Waals surface area (Å²) in [7, 11) is 0. The molecule has 1 aliphatic carbocycles. The molecular formula is C30H33F3N4O2. The van der Waals surface area contributed by atoms with E-state index >= 15 is 0 Å². The Labute approximate surface area is 225 Å². The van der Waals surface area contributed by atoms with Crippen LogP contribution < -0.4 is 5.69 Å². The molecule has 1 saturated heterocycles. The van der Waals surface area contributed by atoms with E-state index in [-0.39, 0.29) is 11.4 Å². The number of likely N-dealkylation sites (tertiary alicyclic amines) is 1. The van der Waals surface area contributed by atoms with E-state index in [2.05, 4.69) is 17.0 Å². The van der Waals surface area contributed by atoms with Crippen LogP contribution in [0.5, 0.6) is 0 Å². The second-order valence-corrected chi connectivity index (χ2v) is 11.4. The highest BCUT2D eigenvalue weighted by Crippen LogP contribution is 2.44. The van der Waals surface area contributed by atoms with E-state index in [1.165, 1.54) is 16.8 Å². The standard InChI is InChI=1S/C30H33F3N4O2/c1-19-6-5-11-35(15-19)16-21-12-25(30(31,32)33)26-18-36(29(38)37(26)17-21)24-10-4-9-23(13-24)27(22-7-3-8-22)28-20(2)14-34-39-28/h4,9-10,12-14,17-19,22,27H,3,5-8,11,15-16H2,1-2H3/t19-,27+/m0/s1. The molecule has 2 aliphatic rings. The van der Waals surface area contributed by atoms with Crippen LogP contribution in [-0.2, 0) is 12.7 Å². The molecule has 0 radical (unpaired) electrons. The van der Waals surface area contributed by atoms with E-state index in [1.807, 2.05) is 25.1 Å². The average Bonchev–Trinajstić information content (AvgIpc) is 3.43. The van der Waals surface area contributed by atoms with Crippen LogP contribution in [0.2, 0.25) is 0 Å². The third-order valence-electron chi connectivity index (χ3n) is 8.47. The number of imidazole rings is 1. The van der Waals surface area contributed by atoms with Crippen molar-refractivity contribution in [3.8, 4) is 5.69 Å². The molecule has 9 heteroatoms. The van der Waals surface area contributed by atoms with Crippen LogP contribution in [-0.4, -0.2) is 32.1 Å². The van der Waals surface area contributed by atoms with Crippen LogP contribution in [0.1, 0.15) is 73.0 Å². The highest BCUT2D eigenvalue weighted by atomic mass is 19.4. The molecule has 0 unspecified atom stereocenters. The van der Waals surface area contributed by atoms with Gasteiger partial charge in [-0.2, -0.15) is 13.2 Å². The minimum atomic E-state index is -4.59. The van der Waals surface area contributed by atoms with Crippen molar-refractivity contribution in [1.82, 2.24) is 19.0 Å². The van der Waals surface area contributed by atoms with Gasteiger partial charge in [0.25, 0.3) is 0 Å². The van der Waals surface area contributed by atoms with Gasteiger partial charge in [-0.25, -0.2) is 4.79 Å². The molecule has 206 valence electrons. The first kappa shape index (κ1) is 25.9. The Morgan fingerprint density at radius 1 is 1.13 bits per heavy atom. The third kappa shape index (κ3) is 4.93. The molecule has 6 nitrogen and oxygen atoms in total. The van der Waals surface area contributed by atoms with Gasteiger partial charge in [0.2, 0.25) is 0 Å². The van der Waals surface area contributed by atoms with E-state index in [9.17, 15) is 18.0 Å². The zero-order chi connectivity index (χ0) is 27.3. The maximum absolute atomic E-state index is 14.2. The zero-order valence-electron chi connectivity index (χ0n) is 22.2. The monoisotopic (exact) mass is 538 g/mol. The summed E-state index contributed by atoms with van der Waals surface area (Å²) < 4.78 is 50.8. The first-order valence-electron chi connectivity index (χ1n) is 13.8. The van der Waals surface area contributed by atoms with E-state index < -0.39 is 17.4 Å². The fourth-order valence-electron chi connectivity index (χ4n) is 6.31. The molecule has 0 bridgehead atoms. The summed E-state index contributed by atoms with van der Waals surface area (Å²) in [4.78, 5) is 15.8. The van der Waals surface area contributed by atoms with Gasteiger partial charge in [0.15, 0.2) is 0 Å². The predicted octanol–water partition coefficient (Wildman–Crippen LogP) is 6.57. The number of alkyl halides is 3. The lowest BCUT2D eigenvalue weighted by atomic mass is 9.71. The van der Waals surface area contributed by atoms with Gasteiger partial charge in [0.05, 0.1) is 23.0 Å². The van der Waals surface area contributed by atoms with Gasteiger partial charge >= 0.3 is 11.9 Å². The topological polar surface area (TPSA) is 55.7 Å². The molecule has 1 saturated carbocycles. The van der Waals surface area contributed by atoms with Gasteiger partial charge in [-0.05, 0) is 80.3 Å². The lowest BCUT2D eigenvalue weighted by Gasteiger charge is -2.33. The molecular weight excluding hydrogens is 505 g/mol. The van der Waals surface area contributed by atoms with Gasteiger partial charge in [0, 0.05) is 37.0 Å². The third-order valence-corrected chi connectivity index (χ3v) is 8.47. The number of hydrogen-bond acceptors (Lipinski definition) is 4. The Kier molecular flexibility index (Phi) is 6.65. The Morgan fingerprint density at radius 3 is 2.62 bits per heavy atom. The van der Waals surface area contributed by atoms with E-state index in [1.54, 1.807) is 18.5 Å². The molecule has 6 rings (SSSR count). The second kappa shape index (κ2) is 10.0. The van der Waals surface area contributed by atoms with Crippen LogP contribution in [0.25, 0.3) is 11.2 Å². The molecule has 0 amide bonds. The minimum Gasteiger partial charge on any atom is -0.360 e. The summed E-state index contributed by atoms with van der Waals surface area (Å²) in [5.74, 6) is 1.69. The molecule has 1 aromatic carbocycles. The molecule has 1 aliphatic heterocycles. The lowest BCUT2D eigenvalue weighted by molar-refractivity contribution is -0.136. The molecule has 0 spiro atoms. The second-order valence-electron chi connectivity index (χ2n) is 11.4. The van der Waals surface area contributed by atoms with Crippen molar-refractivity contribution in [3.63, 3.8) is 0 Å². The number of aryl methyl sites for hydroxylation is 1. The number of halogens is 3. The molecule has 4 heterocycles. The van der Waals surface area contributed by atoms with E-state index in [0.29, 0.717) is 29.6 Å². The Bertz CT molecular complexity index is 1550. The average molecular weight is 539 g/mol. The summed E-state index contributed by atoms with van der Waals surface area (Å²) in [6, 6.07) is 8.71. The molecule has 39 heavy (non-hydrogen) atoms. The number of nitrogens with zero attached hydrogens (tertiary/aromatic N) is 4. The Morgan fingerprint density at radius 2 is 1.95 bits per heavy atom. The van der Waals surface area contributed by atoms with Crippen molar-refractivity contribution in [2.75, 3.05) is 13.1 Å². The SMILES string of the molecule is Cc1cnoc1[C@@H](c1cccc(-n2cc3c(C(F)(F)F)cc(CN4CCC[C@H](C)C4)cn3c2=O)c1)C1CCC1. The number of pyridine rings is 1. The van der Waals surface area contributed by atoms with Crippen molar-refractivity contribution < 1.29 is 17.7 Å². The molecule has 0 N–H and O–H groups in total. The normalized spacial score (nSPS) is 19.9. The van der Waals surface area contributed by atoms with Gasteiger partial charge < -0.3 is 4.52 Å². The van der Waals surface area contributed by atoms with Gasteiger partial charge in [-0.1, -0.05) is 30.6 Å². The zero-order valence-corrected chi connectivity index (χ0v) is 22.2. The van der Waals surface area contributed by atoms with Gasteiger partial charge in [-0.15, -0.1) is 0 Å². The van der Waals surface area contributed by atoms with Crippen molar-refractivity contribution >= 4 is 5.52 Å². The summed E-state index contributed by atoms with van der Waals surface area (Å²) >= 11 is 0. The van der Waals surface area contributed by atoms with E-state index in [0.717, 1.165) is 66.5 Å². The number of fused-ring (bicyclic) bond motifs is 1. The largest absolute Gasteiger partial charge is 0.418 e. The van der Waals surface area contributed by atoms with Crippen LogP contribution in [0.15, 0.2) is 58.2 Å². The Hall–Kier alpha value is -3.33. The summed E-state index contributed by atoms with van der Waals surface area (Å²) in [5.41, 5.74) is 1.50. The molecule has 4 aromatic rings. The van der Waals surface area contributed by atoms with E-state index in [4.69, 9.17) is 4.52 Å². The van der Waals surface area contributed by atoms with Crippen LogP contribution in [0.4, 0.5) is 13.2 Å². The number of benzene rings is 1. The highest BCUT2D eigenvalue weighted by molar-refractivity contribution is 5.58. The molecule has 2 fully saturated rings. The van der Waals surface area contributed by atoms with Crippen molar-refractivity contribution in [2.45, 2.75) is 64.6 Å². The number of aromatic nitrogens is 3. The van der Waals surface area contributed by atoms with Crippen molar-refractivity contribution in [1.29, 1.82) is 0 Å². The number of rotatable bonds is 6. The predicted molar refractivity (Wildman–Crippen MR) is 142 cm³/mol. The summed E-state index contributed by atoms with van der Waals surface area (Å²) in [6.45, 7) is 6.20. The van der Waals surface area contributed by atoms with Crippen molar-refractivity contribution in [3.05, 3.63) is 87.4 Å². The van der Waals surface area contributed by atoms with Crippen LogP contribution in [0.3, 0.4) is 0 Å². The lowest BCUT2D eigenvalue weighted by Crippen LogP contribution is -2.34. The maximum atomic E-state index is 14.2. The fourth-order valence-corrected chi connectivity index (χ4v) is 6.31. The summed E-state index contributed by atoms with van der Waals surface area (Å²) in [6.07, 6.45) is 5.44. The maximum Gasteiger partial charge on any atom is 0.418 e. The van der Waals surface area contributed by atoms with Crippen LogP contribution in [0, 0.1) is 18.8 Å². The molecule has 3 aromatic heterocycles. The first-order valence-corrected chi connectivity index (χ1v) is 13.8. The van der Waals surface area contributed by atoms with Crippen molar-refractivity contribution in [2.24, 2.45) is 11.8 Å². The quantitative estimate of drug-likeness (QED) is 0.279. The Balaban J connectivity index is 1.42. The number of piperidine rings is 1. The summed E-state index contributed by atoms with van der Waals surface area (Å²) in [5, 5.41) is 3.98. The van der Waals surface area contributed by atoms with Gasteiger partial charge in [0.1, 0.15) is 5.76 Å². The number of hydrogen-bond donors (Lipinski definition) is 0. The molecule has 2 atom stereocenters. The fraction of sp³-hybridized carbons (Fsp3) is 0.467. The van der Waals surface area contributed by atoms with Crippen LogP contribution >= 0.6 is 0 Å². The smallest absolute Gasteiger partial charge is 0.360 e. The van der Waals surface area contributed by atoms with Gasteiger partial charge in [-0.3, -0.25) is 13.9 Å². The highest BCUT2D eigenvalue weighted by Gasteiger charge is 2.36.